The van der Waals surface area contributed by atoms with Crippen LogP contribution in [-0.4, -0.2) is 25.8 Å². The zero-order chi connectivity index (χ0) is 18.4. The SMILES string of the molecule is Cc1cc(C)cc(Nc2nc3c(-c4cccc5c4C=NC5)nccn3n2)c1. The van der Waals surface area contributed by atoms with Crippen molar-refractivity contribution >= 4 is 23.5 Å². The second-order valence-corrected chi connectivity index (χ2v) is 6.83. The topological polar surface area (TPSA) is 67.5 Å². The Bertz CT molecular complexity index is 1180. The van der Waals surface area contributed by atoms with Gasteiger partial charge in [0, 0.05) is 35.4 Å². The molecule has 0 atom stereocenters. The number of nitrogens with zero attached hydrogens (tertiary/aromatic N) is 5. The molecule has 0 bridgehead atoms. The molecule has 1 aliphatic rings. The molecule has 27 heavy (non-hydrogen) atoms. The van der Waals surface area contributed by atoms with Crippen molar-refractivity contribution in [1.82, 2.24) is 19.6 Å². The first-order chi connectivity index (χ1) is 13.2. The Kier molecular flexibility index (Phi) is 3.50. The van der Waals surface area contributed by atoms with Gasteiger partial charge in [-0.1, -0.05) is 24.3 Å². The Balaban J connectivity index is 1.60. The van der Waals surface area contributed by atoms with Gasteiger partial charge in [-0.25, -0.2) is 4.52 Å². The molecule has 5 rings (SSSR count). The minimum atomic E-state index is 0.551. The predicted molar refractivity (Wildman–Crippen MR) is 107 cm³/mol. The van der Waals surface area contributed by atoms with E-state index < -0.39 is 0 Å². The second-order valence-electron chi connectivity index (χ2n) is 6.83. The Hall–Kier alpha value is -3.54. The third kappa shape index (κ3) is 2.75. The number of aryl methyl sites for hydroxylation is 2. The van der Waals surface area contributed by atoms with Crippen LogP contribution in [0.25, 0.3) is 16.9 Å². The number of benzene rings is 2. The van der Waals surface area contributed by atoms with Crippen LogP contribution in [0.2, 0.25) is 0 Å². The van der Waals surface area contributed by atoms with Crippen LogP contribution in [0.1, 0.15) is 22.3 Å². The first kappa shape index (κ1) is 15.7. The number of anilines is 2. The molecule has 2 aromatic heterocycles. The average Bonchev–Trinajstić information content (AvgIpc) is 3.26. The minimum absolute atomic E-state index is 0.551. The van der Waals surface area contributed by atoms with Gasteiger partial charge >= 0.3 is 0 Å². The summed E-state index contributed by atoms with van der Waals surface area (Å²) in [5, 5.41) is 7.88. The molecule has 1 aliphatic heterocycles. The Labute approximate surface area is 156 Å². The highest BCUT2D eigenvalue weighted by molar-refractivity contribution is 5.95. The fraction of sp³-hybridized carbons (Fsp3) is 0.143. The molecule has 4 aromatic rings. The summed E-state index contributed by atoms with van der Waals surface area (Å²) in [4.78, 5) is 13.7. The van der Waals surface area contributed by atoms with Gasteiger partial charge in [-0.3, -0.25) is 9.98 Å². The number of fused-ring (bicyclic) bond motifs is 2. The van der Waals surface area contributed by atoms with Crippen LogP contribution in [0, 0.1) is 13.8 Å². The van der Waals surface area contributed by atoms with Gasteiger partial charge in [-0.15, -0.1) is 5.10 Å². The van der Waals surface area contributed by atoms with Gasteiger partial charge in [0.05, 0.1) is 6.54 Å². The molecule has 1 N–H and O–H groups in total. The van der Waals surface area contributed by atoms with E-state index in [0.717, 1.165) is 34.7 Å². The number of aliphatic imine (C=N–C) groups is 1. The Morgan fingerprint density at radius 2 is 1.93 bits per heavy atom. The quantitative estimate of drug-likeness (QED) is 0.602. The molecule has 0 saturated carbocycles. The number of nitrogens with one attached hydrogen (secondary N) is 1. The van der Waals surface area contributed by atoms with Crippen LogP contribution in [-0.2, 0) is 6.54 Å². The van der Waals surface area contributed by atoms with Gasteiger partial charge in [-0.05, 0) is 42.7 Å². The van der Waals surface area contributed by atoms with E-state index in [4.69, 9.17) is 4.98 Å². The predicted octanol–water partition coefficient (Wildman–Crippen LogP) is 4.08. The maximum atomic E-state index is 4.70. The van der Waals surface area contributed by atoms with E-state index in [1.165, 1.54) is 16.7 Å². The lowest BCUT2D eigenvalue weighted by Crippen LogP contribution is -1.96. The summed E-state index contributed by atoms with van der Waals surface area (Å²) in [5.74, 6) is 0.551. The first-order valence-corrected chi connectivity index (χ1v) is 8.86. The summed E-state index contributed by atoms with van der Waals surface area (Å²) in [6.07, 6.45) is 5.49. The van der Waals surface area contributed by atoms with E-state index >= 15 is 0 Å². The molecule has 2 aromatic carbocycles. The molecule has 0 spiro atoms. The maximum absolute atomic E-state index is 4.70. The van der Waals surface area contributed by atoms with Crippen molar-refractivity contribution < 1.29 is 0 Å². The molecule has 6 nitrogen and oxygen atoms in total. The van der Waals surface area contributed by atoms with E-state index in [1.807, 2.05) is 18.5 Å². The summed E-state index contributed by atoms with van der Waals surface area (Å²) >= 11 is 0. The van der Waals surface area contributed by atoms with Crippen molar-refractivity contribution in [2.45, 2.75) is 20.4 Å². The molecule has 0 unspecified atom stereocenters. The lowest BCUT2D eigenvalue weighted by molar-refractivity contribution is 0.951. The molecule has 0 aliphatic carbocycles. The third-order valence-corrected chi connectivity index (χ3v) is 4.67. The van der Waals surface area contributed by atoms with Crippen molar-refractivity contribution in [2.75, 3.05) is 5.32 Å². The molecule has 0 amide bonds. The van der Waals surface area contributed by atoms with Gasteiger partial charge in [0.2, 0.25) is 5.95 Å². The summed E-state index contributed by atoms with van der Waals surface area (Å²) in [7, 11) is 0. The molecule has 0 saturated heterocycles. The normalized spacial score (nSPS) is 12.5. The van der Waals surface area contributed by atoms with Crippen molar-refractivity contribution in [3.05, 3.63) is 71.0 Å². The van der Waals surface area contributed by atoms with Crippen molar-refractivity contribution in [3.63, 3.8) is 0 Å². The molecule has 0 fully saturated rings. The third-order valence-electron chi connectivity index (χ3n) is 4.67. The molecule has 6 heteroatoms. The van der Waals surface area contributed by atoms with Crippen LogP contribution in [0.4, 0.5) is 11.6 Å². The van der Waals surface area contributed by atoms with E-state index in [0.29, 0.717) is 5.95 Å². The molecular formula is C21H18N6. The lowest BCUT2D eigenvalue weighted by atomic mass is 10.0. The van der Waals surface area contributed by atoms with E-state index in [1.54, 1.807) is 10.7 Å². The number of hydrogen-bond donors (Lipinski definition) is 1. The lowest BCUT2D eigenvalue weighted by Gasteiger charge is -2.06. The number of hydrogen-bond acceptors (Lipinski definition) is 5. The zero-order valence-electron chi connectivity index (χ0n) is 15.1. The van der Waals surface area contributed by atoms with Crippen LogP contribution in [0.3, 0.4) is 0 Å². The monoisotopic (exact) mass is 354 g/mol. The maximum Gasteiger partial charge on any atom is 0.247 e. The van der Waals surface area contributed by atoms with Gasteiger partial charge in [0.25, 0.3) is 0 Å². The Morgan fingerprint density at radius 1 is 1.07 bits per heavy atom. The van der Waals surface area contributed by atoms with Gasteiger partial charge in [-0.2, -0.15) is 4.98 Å². The van der Waals surface area contributed by atoms with Gasteiger partial charge in [0.1, 0.15) is 5.69 Å². The van der Waals surface area contributed by atoms with E-state index in [2.05, 4.69) is 64.6 Å². The largest absolute Gasteiger partial charge is 0.323 e. The van der Waals surface area contributed by atoms with Crippen molar-refractivity contribution in [1.29, 1.82) is 0 Å². The van der Waals surface area contributed by atoms with Crippen LogP contribution in [0.15, 0.2) is 53.8 Å². The summed E-state index contributed by atoms with van der Waals surface area (Å²) in [6, 6.07) is 12.5. The molecular weight excluding hydrogens is 336 g/mol. The zero-order valence-corrected chi connectivity index (χ0v) is 15.1. The number of rotatable bonds is 3. The summed E-state index contributed by atoms with van der Waals surface area (Å²) in [6.45, 7) is 4.88. The van der Waals surface area contributed by atoms with Crippen molar-refractivity contribution in [2.24, 2.45) is 4.99 Å². The standard InChI is InChI=1S/C21H18N6/c1-13-8-14(2)10-16(9-13)24-21-25-20-19(23-6-7-27(20)26-21)17-5-3-4-15-11-22-12-18(15)17/h3-10,12H,11H2,1-2H3,(H,24,26). The fourth-order valence-corrected chi connectivity index (χ4v) is 3.58. The molecule has 3 heterocycles. The van der Waals surface area contributed by atoms with Crippen LogP contribution < -0.4 is 5.32 Å². The second kappa shape index (κ2) is 6.02. The van der Waals surface area contributed by atoms with Crippen LogP contribution in [0.5, 0.6) is 0 Å². The van der Waals surface area contributed by atoms with Gasteiger partial charge < -0.3 is 5.32 Å². The molecule has 0 radical (unpaired) electrons. The highest BCUT2D eigenvalue weighted by Gasteiger charge is 2.17. The highest BCUT2D eigenvalue weighted by Crippen LogP contribution is 2.29. The smallest absolute Gasteiger partial charge is 0.247 e. The van der Waals surface area contributed by atoms with E-state index in [-0.39, 0.29) is 0 Å². The summed E-state index contributed by atoms with van der Waals surface area (Å²) < 4.78 is 1.76. The number of aromatic nitrogens is 4. The highest BCUT2D eigenvalue weighted by atomic mass is 15.3. The van der Waals surface area contributed by atoms with Crippen LogP contribution >= 0.6 is 0 Å². The minimum Gasteiger partial charge on any atom is -0.323 e. The van der Waals surface area contributed by atoms with Crippen molar-refractivity contribution in [3.8, 4) is 11.3 Å². The molecule has 132 valence electrons. The summed E-state index contributed by atoms with van der Waals surface area (Å²) in [5.41, 5.74) is 8.26. The van der Waals surface area contributed by atoms with Gasteiger partial charge in [0.15, 0.2) is 5.65 Å². The fourth-order valence-electron chi connectivity index (χ4n) is 3.58. The average molecular weight is 354 g/mol. The van der Waals surface area contributed by atoms with E-state index in [9.17, 15) is 0 Å². The Morgan fingerprint density at radius 3 is 2.78 bits per heavy atom. The first-order valence-electron chi connectivity index (χ1n) is 8.86.